The van der Waals surface area contributed by atoms with Crippen LogP contribution < -0.4 is 0 Å². The molecule has 0 aromatic carbocycles. The highest BCUT2D eigenvalue weighted by atomic mass is 35.5. The highest BCUT2D eigenvalue weighted by molar-refractivity contribution is 6.21. The Morgan fingerprint density at radius 1 is 1.50 bits per heavy atom. The zero-order chi connectivity index (χ0) is 15.5. The van der Waals surface area contributed by atoms with Gasteiger partial charge in [-0.3, -0.25) is 14.5 Å². The van der Waals surface area contributed by atoms with Crippen LogP contribution in [0.3, 0.4) is 0 Å². The molecular weight excluding hydrogens is 293 g/mol. The highest BCUT2D eigenvalue weighted by Gasteiger charge is 2.56. The molecule has 0 saturated carbocycles. The fourth-order valence-electron chi connectivity index (χ4n) is 1.87. The van der Waals surface area contributed by atoms with Crippen LogP contribution in [-0.4, -0.2) is 63.4 Å². The lowest BCUT2D eigenvalue weighted by Gasteiger charge is -2.28. The number of aliphatic hydroxyl groups excluding tert-OH is 2. The normalized spacial score (nSPS) is 33.6. The van der Waals surface area contributed by atoms with Gasteiger partial charge in [0.15, 0.2) is 12.0 Å². The first-order valence-corrected chi connectivity index (χ1v) is 6.37. The van der Waals surface area contributed by atoms with Gasteiger partial charge in [-0.1, -0.05) is 0 Å². The summed E-state index contributed by atoms with van der Waals surface area (Å²) in [6, 6.07) is 0. The third kappa shape index (κ3) is 3.17. The van der Waals surface area contributed by atoms with Gasteiger partial charge in [0.2, 0.25) is 5.91 Å². The van der Waals surface area contributed by atoms with Crippen LogP contribution in [-0.2, 0) is 14.3 Å². The molecule has 1 aliphatic rings. The standard InChI is InChI=1S/C12H17ClFNO5/c1-7(17)3-4-15(8(2)18)11-9(13)10(19)12(5-14,6-16)20-11/h3-4,9-11,16,19H,5-6H2,1-2H3/b4-3-/t9-,10+,11-,12-/m1/s1. The first-order valence-electron chi connectivity index (χ1n) is 5.93. The average molecular weight is 310 g/mol. The van der Waals surface area contributed by atoms with Gasteiger partial charge in [0.05, 0.1) is 6.61 Å². The smallest absolute Gasteiger partial charge is 0.225 e. The maximum Gasteiger partial charge on any atom is 0.225 e. The molecule has 0 bridgehead atoms. The summed E-state index contributed by atoms with van der Waals surface area (Å²) in [6.07, 6.45) is -0.391. The second-order valence-electron chi connectivity index (χ2n) is 4.61. The van der Waals surface area contributed by atoms with Crippen molar-refractivity contribution in [3.8, 4) is 0 Å². The van der Waals surface area contributed by atoms with Gasteiger partial charge in [-0.2, -0.15) is 0 Å². The molecule has 0 aromatic heterocycles. The van der Waals surface area contributed by atoms with E-state index < -0.39 is 42.5 Å². The Kier molecular flexibility index (Phi) is 5.64. The Bertz CT molecular complexity index is 413. The number of allylic oxidation sites excluding steroid dienone is 1. The van der Waals surface area contributed by atoms with Gasteiger partial charge in [0.25, 0.3) is 0 Å². The maximum atomic E-state index is 13.1. The zero-order valence-corrected chi connectivity index (χ0v) is 11.9. The molecule has 1 saturated heterocycles. The van der Waals surface area contributed by atoms with E-state index in [2.05, 4.69) is 0 Å². The van der Waals surface area contributed by atoms with Crippen LogP contribution in [0.4, 0.5) is 4.39 Å². The van der Waals surface area contributed by atoms with Gasteiger partial charge in [-0.15, -0.1) is 11.6 Å². The summed E-state index contributed by atoms with van der Waals surface area (Å²) in [5.74, 6) is -0.808. The lowest BCUT2D eigenvalue weighted by atomic mass is 9.99. The van der Waals surface area contributed by atoms with Gasteiger partial charge in [0, 0.05) is 13.1 Å². The van der Waals surface area contributed by atoms with E-state index in [-0.39, 0.29) is 5.78 Å². The molecule has 1 rings (SSSR count). The molecule has 0 spiro atoms. The van der Waals surface area contributed by atoms with E-state index in [0.717, 1.165) is 17.2 Å². The summed E-state index contributed by atoms with van der Waals surface area (Å²) >= 11 is 5.96. The molecule has 6 nitrogen and oxygen atoms in total. The van der Waals surface area contributed by atoms with E-state index >= 15 is 0 Å². The van der Waals surface area contributed by atoms with Crippen molar-refractivity contribution in [1.29, 1.82) is 0 Å². The maximum absolute atomic E-state index is 13.1. The van der Waals surface area contributed by atoms with Crippen molar-refractivity contribution < 1.29 is 28.9 Å². The molecule has 2 N–H and O–H groups in total. The SMILES string of the molecule is CC(=O)/C=C\N(C(C)=O)[C@@H]1O[C@@](CO)(CF)[C@@H](O)[C@H]1Cl. The second-order valence-corrected chi connectivity index (χ2v) is 5.11. The van der Waals surface area contributed by atoms with Crippen LogP contribution in [0.15, 0.2) is 12.3 Å². The molecule has 0 aliphatic carbocycles. The van der Waals surface area contributed by atoms with Crippen molar-refractivity contribution in [2.45, 2.75) is 37.2 Å². The van der Waals surface area contributed by atoms with Crippen molar-refractivity contribution in [1.82, 2.24) is 4.90 Å². The van der Waals surface area contributed by atoms with Crippen LogP contribution in [0.2, 0.25) is 0 Å². The number of hydrogen-bond donors (Lipinski definition) is 2. The van der Waals surface area contributed by atoms with Crippen LogP contribution in [0.1, 0.15) is 13.8 Å². The Labute approximate surface area is 120 Å². The lowest BCUT2D eigenvalue weighted by molar-refractivity contribution is -0.159. The molecule has 0 radical (unpaired) electrons. The molecule has 1 heterocycles. The molecule has 20 heavy (non-hydrogen) atoms. The number of nitrogens with zero attached hydrogens (tertiary/aromatic N) is 1. The van der Waals surface area contributed by atoms with Crippen LogP contribution in [0.5, 0.6) is 0 Å². The number of hydrogen-bond acceptors (Lipinski definition) is 5. The Morgan fingerprint density at radius 3 is 2.45 bits per heavy atom. The minimum absolute atomic E-state index is 0.306. The monoisotopic (exact) mass is 309 g/mol. The predicted octanol–water partition coefficient (Wildman–Crippen LogP) is -0.0372. The first kappa shape index (κ1) is 17.0. The molecule has 1 amide bonds. The number of alkyl halides is 2. The van der Waals surface area contributed by atoms with Gasteiger partial charge in [-0.25, -0.2) is 4.39 Å². The van der Waals surface area contributed by atoms with Crippen molar-refractivity contribution in [2.75, 3.05) is 13.3 Å². The van der Waals surface area contributed by atoms with E-state index in [9.17, 15) is 24.2 Å². The number of amides is 1. The molecule has 8 heteroatoms. The third-order valence-electron chi connectivity index (χ3n) is 3.07. The second kappa shape index (κ2) is 6.62. The molecule has 114 valence electrons. The number of aliphatic hydroxyl groups is 2. The van der Waals surface area contributed by atoms with Crippen LogP contribution in [0.25, 0.3) is 0 Å². The fraction of sp³-hybridized carbons (Fsp3) is 0.667. The summed E-state index contributed by atoms with van der Waals surface area (Å²) in [6.45, 7) is 0.550. The van der Waals surface area contributed by atoms with E-state index in [0.29, 0.717) is 0 Å². The first-order chi connectivity index (χ1) is 9.29. The van der Waals surface area contributed by atoms with E-state index in [4.69, 9.17) is 16.3 Å². The van der Waals surface area contributed by atoms with E-state index in [1.54, 1.807) is 0 Å². The Hall–Kier alpha value is -1.02. The van der Waals surface area contributed by atoms with Crippen LogP contribution in [0, 0.1) is 0 Å². The lowest BCUT2D eigenvalue weighted by Crippen LogP contribution is -2.47. The highest BCUT2D eigenvalue weighted by Crippen LogP contribution is 2.36. The number of halogens is 2. The number of rotatable bonds is 5. The predicted molar refractivity (Wildman–Crippen MR) is 68.7 cm³/mol. The van der Waals surface area contributed by atoms with Gasteiger partial charge < -0.3 is 14.9 Å². The van der Waals surface area contributed by atoms with Crippen LogP contribution >= 0.6 is 11.6 Å². The summed E-state index contributed by atoms with van der Waals surface area (Å²) in [5, 5.41) is 18.0. The largest absolute Gasteiger partial charge is 0.393 e. The fourth-order valence-corrected chi connectivity index (χ4v) is 2.27. The van der Waals surface area contributed by atoms with E-state index in [1.807, 2.05) is 0 Å². The molecular formula is C12H17ClFNO5. The number of carbonyl (C=O) groups is 2. The minimum atomic E-state index is -1.87. The number of ketones is 1. The summed E-state index contributed by atoms with van der Waals surface area (Å²) < 4.78 is 18.3. The molecule has 0 aromatic rings. The average Bonchev–Trinajstić information content (AvgIpc) is 2.64. The quantitative estimate of drug-likeness (QED) is 0.550. The molecule has 1 aliphatic heterocycles. The number of carbonyl (C=O) groups excluding carboxylic acids is 2. The third-order valence-corrected chi connectivity index (χ3v) is 3.52. The summed E-state index contributed by atoms with van der Waals surface area (Å²) in [4.78, 5) is 23.5. The van der Waals surface area contributed by atoms with Crippen molar-refractivity contribution >= 4 is 23.3 Å². The minimum Gasteiger partial charge on any atom is -0.393 e. The van der Waals surface area contributed by atoms with Crippen molar-refractivity contribution in [3.05, 3.63) is 12.3 Å². The van der Waals surface area contributed by atoms with Gasteiger partial charge >= 0.3 is 0 Å². The molecule has 0 unspecified atom stereocenters. The Balaban J connectivity index is 3.04. The van der Waals surface area contributed by atoms with Gasteiger partial charge in [0.1, 0.15) is 23.8 Å². The molecule has 4 atom stereocenters. The topological polar surface area (TPSA) is 87.1 Å². The van der Waals surface area contributed by atoms with Gasteiger partial charge in [-0.05, 0) is 13.0 Å². The zero-order valence-electron chi connectivity index (χ0n) is 11.1. The Morgan fingerprint density at radius 2 is 2.10 bits per heavy atom. The number of ether oxygens (including phenoxy) is 1. The summed E-state index contributed by atoms with van der Waals surface area (Å²) in [7, 11) is 0. The molecule has 1 fully saturated rings. The van der Waals surface area contributed by atoms with Crippen molar-refractivity contribution in [2.24, 2.45) is 0 Å². The van der Waals surface area contributed by atoms with Crippen molar-refractivity contribution in [3.63, 3.8) is 0 Å². The summed E-state index contributed by atoms with van der Waals surface area (Å²) in [5.41, 5.74) is -1.87. The van der Waals surface area contributed by atoms with E-state index in [1.165, 1.54) is 13.8 Å².